The zero-order chi connectivity index (χ0) is 13.7. The number of rotatable bonds is 3. The molecule has 1 aromatic rings. The maximum atomic E-state index is 12.0. The summed E-state index contributed by atoms with van der Waals surface area (Å²) in [5.74, 6) is 0.154. The summed E-state index contributed by atoms with van der Waals surface area (Å²) in [6.07, 6.45) is 3.79. The Hall–Kier alpha value is -1.86. The minimum absolute atomic E-state index is 0.0575. The van der Waals surface area contributed by atoms with Crippen LogP contribution >= 0.6 is 0 Å². The topological polar surface area (TPSA) is 78.9 Å². The van der Waals surface area contributed by atoms with Crippen molar-refractivity contribution < 1.29 is 4.79 Å². The lowest BCUT2D eigenvalue weighted by atomic mass is 9.85. The first-order chi connectivity index (χ1) is 9.19. The summed E-state index contributed by atoms with van der Waals surface area (Å²) in [6, 6.07) is 9.50. The number of carbonyl (C=O) groups excluding carboxylic acids is 1. The van der Waals surface area contributed by atoms with Crippen molar-refractivity contribution in [3.8, 4) is 6.07 Å². The third-order valence-corrected chi connectivity index (χ3v) is 3.64. The molecule has 2 unspecified atom stereocenters. The van der Waals surface area contributed by atoms with Gasteiger partial charge in [-0.25, -0.2) is 0 Å². The van der Waals surface area contributed by atoms with E-state index < -0.39 is 0 Å². The van der Waals surface area contributed by atoms with Gasteiger partial charge in [-0.2, -0.15) is 5.26 Å². The molecule has 2 atom stereocenters. The summed E-state index contributed by atoms with van der Waals surface area (Å²) in [6.45, 7) is 0.510. The molecular formula is C15H19N3O. The van der Waals surface area contributed by atoms with Crippen molar-refractivity contribution in [2.24, 2.45) is 11.7 Å². The van der Waals surface area contributed by atoms with E-state index in [2.05, 4.69) is 11.4 Å². The highest BCUT2D eigenvalue weighted by Gasteiger charge is 2.24. The molecule has 1 amide bonds. The third kappa shape index (κ3) is 3.80. The van der Waals surface area contributed by atoms with Crippen LogP contribution in [-0.4, -0.2) is 11.9 Å². The van der Waals surface area contributed by atoms with Gasteiger partial charge >= 0.3 is 0 Å². The Morgan fingerprint density at radius 3 is 2.74 bits per heavy atom. The molecule has 0 aromatic heterocycles. The quantitative estimate of drug-likeness (QED) is 0.864. The van der Waals surface area contributed by atoms with Crippen LogP contribution in [0.25, 0.3) is 0 Å². The van der Waals surface area contributed by atoms with E-state index in [9.17, 15) is 4.79 Å². The van der Waals surface area contributed by atoms with E-state index in [0.29, 0.717) is 12.1 Å². The molecule has 100 valence electrons. The van der Waals surface area contributed by atoms with Gasteiger partial charge in [-0.15, -0.1) is 0 Å². The molecule has 0 heterocycles. The molecule has 19 heavy (non-hydrogen) atoms. The molecular weight excluding hydrogens is 238 g/mol. The first-order valence-electron chi connectivity index (χ1n) is 6.71. The number of nitrogens with zero attached hydrogens (tertiary/aromatic N) is 1. The number of hydrogen-bond acceptors (Lipinski definition) is 3. The van der Waals surface area contributed by atoms with Crippen LogP contribution in [0.3, 0.4) is 0 Å². The van der Waals surface area contributed by atoms with Gasteiger partial charge in [-0.3, -0.25) is 4.79 Å². The standard InChI is InChI=1S/C15H19N3O/c16-9-11-4-6-12(7-5-11)10-18-15(19)13-2-1-3-14(17)8-13/h4-7,13-14H,1-3,8,10,17H2,(H,18,19). The van der Waals surface area contributed by atoms with Crippen molar-refractivity contribution in [2.45, 2.75) is 38.3 Å². The van der Waals surface area contributed by atoms with Gasteiger partial charge in [-0.05, 0) is 37.0 Å². The summed E-state index contributed by atoms with van der Waals surface area (Å²) < 4.78 is 0. The predicted octanol–water partition coefficient (Wildman–Crippen LogP) is 1.69. The van der Waals surface area contributed by atoms with E-state index in [1.54, 1.807) is 12.1 Å². The van der Waals surface area contributed by atoms with E-state index in [1.807, 2.05) is 12.1 Å². The zero-order valence-corrected chi connectivity index (χ0v) is 10.9. The maximum Gasteiger partial charge on any atom is 0.223 e. The summed E-state index contributed by atoms with van der Waals surface area (Å²) in [4.78, 5) is 12.0. The van der Waals surface area contributed by atoms with Crippen molar-refractivity contribution >= 4 is 5.91 Å². The van der Waals surface area contributed by atoms with Crippen molar-refractivity contribution in [3.05, 3.63) is 35.4 Å². The fourth-order valence-electron chi connectivity index (χ4n) is 2.50. The van der Waals surface area contributed by atoms with Crippen molar-refractivity contribution in [1.82, 2.24) is 5.32 Å². The van der Waals surface area contributed by atoms with Crippen LogP contribution < -0.4 is 11.1 Å². The second-order valence-electron chi connectivity index (χ2n) is 5.15. The number of nitrogens with one attached hydrogen (secondary N) is 1. The number of benzene rings is 1. The molecule has 1 aliphatic carbocycles. The zero-order valence-electron chi connectivity index (χ0n) is 10.9. The average Bonchev–Trinajstić information content (AvgIpc) is 2.45. The largest absolute Gasteiger partial charge is 0.352 e. The average molecular weight is 257 g/mol. The number of nitriles is 1. The maximum absolute atomic E-state index is 12.0. The molecule has 0 spiro atoms. The molecule has 1 fully saturated rings. The van der Waals surface area contributed by atoms with E-state index in [1.165, 1.54) is 0 Å². The molecule has 0 bridgehead atoms. The van der Waals surface area contributed by atoms with Gasteiger partial charge in [0, 0.05) is 18.5 Å². The molecule has 4 nitrogen and oxygen atoms in total. The number of amides is 1. The van der Waals surface area contributed by atoms with Gasteiger partial charge in [0.05, 0.1) is 11.6 Å². The number of carbonyl (C=O) groups is 1. The van der Waals surface area contributed by atoms with Crippen molar-refractivity contribution in [2.75, 3.05) is 0 Å². The van der Waals surface area contributed by atoms with Crippen molar-refractivity contribution in [3.63, 3.8) is 0 Å². The molecule has 0 saturated heterocycles. The molecule has 4 heteroatoms. The van der Waals surface area contributed by atoms with Crippen molar-refractivity contribution in [1.29, 1.82) is 5.26 Å². The molecule has 0 aliphatic heterocycles. The molecule has 1 aliphatic rings. The smallest absolute Gasteiger partial charge is 0.223 e. The SMILES string of the molecule is N#Cc1ccc(CNC(=O)C2CCCC(N)C2)cc1. The van der Waals surface area contributed by atoms with E-state index in [-0.39, 0.29) is 17.9 Å². The number of hydrogen-bond donors (Lipinski definition) is 2. The molecule has 3 N–H and O–H groups in total. The Morgan fingerprint density at radius 2 is 2.11 bits per heavy atom. The van der Waals surface area contributed by atoms with Crippen LogP contribution in [0.2, 0.25) is 0 Å². The lowest BCUT2D eigenvalue weighted by Crippen LogP contribution is -2.37. The second kappa shape index (κ2) is 6.35. The van der Waals surface area contributed by atoms with Gasteiger partial charge in [0.25, 0.3) is 0 Å². The predicted molar refractivity (Wildman–Crippen MR) is 72.9 cm³/mol. The van der Waals surface area contributed by atoms with Crippen LogP contribution in [0.4, 0.5) is 0 Å². The minimum atomic E-state index is 0.0575. The first-order valence-corrected chi connectivity index (χ1v) is 6.71. The molecule has 1 aromatic carbocycles. The normalized spacial score (nSPS) is 22.5. The minimum Gasteiger partial charge on any atom is -0.352 e. The van der Waals surface area contributed by atoms with Crippen LogP contribution in [-0.2, 0) is 11.3 Å². The third-order valence-electron chi connectivity index (χ3n) is 3.64. The monoisotopic (exact) mass is 257 g/mol. The Morgan fingerprint density at radius 1 is 1.37 bits per heavy atom. The van der Waals surface area contributed by atoms with Gasteiger partial charge in [0.15, 0.2) is 0 Å². The van der Waals surface area contributed by atoms with E-state index in [4.69, 9.17) is 11.0 Å². The summed E-state index contributed by atoms with van der Waals surface area (Å²) in [5.41, 5.74) is 7.53. The first kappa shape index (κ1) is 13.6. The van der Waals surface area contributed by atoms with Crippen LogP contribution in [0.5, 0.6) is 0 Å². The fourth-order valence-corrected chi connectivity index (χ4v) is 2.50. The van der Waals surface area contributed by atoms with Crippen LogP contribution in [0.15, 0.2) is 24.3 Å². The highest BCUT2D eigenvalue weighted by molar-refractivity contribution is 5.78. The van der Waals surface area contributed by atoms with E-state index >= 15 is 0 Å². The lowest BCUT2D eigenvalue weighted by Gasteiger charge is -2.25. The van der Waals surface area contributed by atoms with Gasteiger partial charge < -0.3 is 11.1 Å². The second-order valence-corrected chi connectivity index (χ2v) is 5.15. The van der Waals surface area contributed by atoms with Gasteiger partial charge in [-0.1, -0.05) is 18.6 Å². The highest BCUT2D eigenvalue weighted by Crippen LogP contribution is 2.23. The summed E-state index contributed by atoms with van der Waals surface area (Å²) in [5, 5.41) is 11.7. The van der Waals surface area contributed by atoms with E-state index in [0.717, 1.165) is 31.2 Å². The summed E-state index contributed by atoms with van der Waals surface area (Å²) in [7, 11) is 0. The highest BCUT2D eigenvalue weighted by atomic mass is 16.1. The Labute approximate surface area is 113 Å². The Balaban J connectivity index is 1.84. The molecule has 1 saturated carbocycles. The lowest BCUT2D eigenvalue weighted by molar-refractivity contribution is -0.126. The van der Waals surface area contributed by atoms with Crippen LogP contribution in [0, 0.1) is 17.2 Å². The Bertz CT molecular complexity index is 475. The number of nitrogens with two attached hydrogens (primary N) is 1. The molecule has 0 radical (unpaired) electrons. The van der Waals surface area contributed by atoms with Gasteiger partial charge in [0.2, 0.25) is 5.91 Å². The fraction of sp³-hybridized carbons (Fsp3) is 0.467. The van der Waals surface area contributed by atoms with Crippen LogP contribution in [0.1, 0.15) is 36.8 Å². The summed E-state index contributed by atoms with van der Waals surface area (Å²) >= 11 is 0. The molecule has 2 rings (SSSR count). The Kier molecular flexibility index (Phi) is 4.53. The van der Waals surface area contributed by atoms with Gasteiger partial charge in [0.1, 0.15) is 0 Å².